The minimum absolute atomic E-state index is 0.0254. The molecular formula is C25H15ClN8O2. The number of halogens is 1. The Morgan fingerprint density at radius 2 is 1.81 bits per heavy atom. The van der Waals surface area contributed by atoms with E-state index in [0.29, 0.717) is 21.5 Å². The van der Waals surface area contributed by atoms with E-state index in [1.165, 1.54) is 23.3 Å². The van der Waals surface area contributed by atoms with Gasteiger partial charge in [-0.1, -0.05) is 35.9 Å². The molecule has 10 nitrogen and oxygen atoms in total. The lowest BCUT2D eigenvalue weighted by Crippen LogP contribution is -2.12. The van der Waals surface area contributed by atoms with E-state index in [9.17, 15) is 15.2 Å². The summed E-state index contributed by atoms with van der Waals surface area (Å²) < 4.78 is 1.26. The van der Waals surface area contributed by atoms with Crippen LogP contribution in [0.2, 0.25) is 5.02 Å². The molecule has 3 aromatic carbocycles. The summed E-state index contributed by atoms with van der Waals surface area (Å²) in [4.78, 5) is 21.5. The first kappa shape index (κ1) is 22.6. The number of azo groups is 1. The second-order valence-corrected chi connectivity index (χ2v) is 7.89. The molecule has 2 N–H and O–H groups in total. The predicted molar refractivity (Wildman–Crippen MR) is 133 cm³/mol. The van der Waals surface area contributed by atoms with Crippen LogP contribution in [0.1, 0.15) is 15.9 Å². The molecule has 5 rings (SSSR count). The van der Waals surface area contributed by atoms with Crippen LogP contribution < -0.4 is 5.32 Å². The van der Waals surface area contributed by atoms with Gasteiger partial charge in [-0.2, -0.15) is 15.0 Å². The maximum absolute atomic E-state index is 13.2. The number of anilines is 1. The Morgan fingerprint density at radius 3 is 2.56 bits per heavy atom. The average Bonchev–Trinajstić information content (AvgIpc) is 3.32. The van der Waals surface area contributed by atoms with Crippen molar-refractivity contribution in [1.82, 2.24) is 19.7 Å². The lowest BCUT2D eigenvalue weighted by atomic mass is 10.0. The van der Waals surface area contributed by atoms with Crippen LogP contribution in [0.5, 0.6) is 5.75 Å². The smallest absolute Gasteiger partial charge is 0.260 e. The van der Waals surface area contributed by atoms with Crippen molar-refractivity contribution in [2.24, 2.45) is 10.2 Å². The highest BCUT2D eigenvalue weighted by atomic mass is 35.5. The Balaban J connectivity index is 1.59. The number of aromatic hydroxyl groups is 1. The number of nitrogens with zero attached hydrogens (tertiary/aromatic N) is 7. The van der Waals surface area contributed by atoms with Crippen LogP contribution in [0, 0.1) is 11.3 Å². The number of hydrogen-bond acceptors (Lipinski definition) is 8. The van der Waals surface area contributed by atoms with E-state index >= 15 is 0 Å². The van der Waals surface area contributed by atoms with Crippen molar-refractivity contribution in [1.29, 1.82) is 5.26 Å². The number of nitrogens with one attached hydrogen (secondary N) is 1. The van der Waals surface area contributed by atoms with Gasteiger partial charge in [-0.25, -0.2) is 9.97 Å². The molecule has 0 radical (unpaired) electrons. The fourth-order valence-corrected chi connectivity index (χ4v) is 3.65. The first-order chi connectivity index (χ1) is 17.5. The van der Waals surface area contributed by atoms with E-state index < -0.39 is 5.91 Å². The van der Waals surface area contributed by atoms with Gasteiger partial charge in [-0.15, -0.1) is 10.2 Å². The SMILES string of the molecule is N#Cc1cnn(-c2ncccn2)c1N=Nc1cc2ccccc2c(C(=O)Nc2ccc(Cl)cc2)c1O. The third-order valence-electron chi connectivity index (χ3n) is 5.19. The number of hydrogen-bond donors (Lipinski definition) is 2. The van der Waals surface area contributed by atoms with Gasteiger partial charge in [0.1, 0.15) is 17.3 Å². The molecule has 5 aromatic rings. The number of rotatable bonds is 5. The van der Waals surface area contributed by atoms with Crippen molar-refractivity contribution in [2.45, 2.75) is 0 Å². The second-order valence-electron chi connectivity index (χ2n) is 7.46. The normalized spacial score (nSPS) is 11.0. The molecule has 0 bridgehead atoms. The van der Waals surface area contributed by atoms with Crippen molar-refractivity contribution in [2.75, 3.05) is 5.32 Å². The predicted octanol–water partition coefficient (Wildman–Crippen LogP) is 5.71. The molecule has 0 saturated heterocycles. The quantitative estimate of drug-likeness (QED) is 0.299. The minimum Gasteiger partial charge on any atom is -0.505 e. The number of phenolic OH excluding ortho intramolecular Hbond substituents is 1. The summed E-state index contributed by atoms with van der Waals surface area (Å²) in [5, 5.41) is 37.5. The molecule has 174 valence electrons. The highest BCUT2D eigenvalue weighted by molar-refractivity contribution is 6.30. The van der Waals surface area contributed by atoms with Crippen molar-refractivity contribution < 1.29 is 9.90 Å². The number of amides is 1. The van der Waals surface area contributed by atoms with Gasteiger partial charge in [-0.3, -0.25) is 4.79 Å². The Kier molecular flexibility index (Phi) is 6.05. The zero-order valence-electron chi connectivity index (χ0n) is 18.4. The van der Waals surface area contributed by atoms with E-state index in [-0.39, 0.29) is 34.3 Å². The van der Waals surface area contributed by atoms with Crippen molar-refractivity contribution in [3.8, 4) is 17.8 Å². The summed E-state index contributed by atoms with van der Waals surface area (Å²) in [6, 6.07) is 18.9. The van der Waals surface area contributed by atoms with E-state index in [2.05, 4.69) is 30.6 Å². The summed E-state index contributed by atoms with van der Waals surface area (Å²) in [5.41, 5.74) is 0.690. The molecule has 0 unspecified atom stereocenters. The van der Waals surface area contributed by atoms with Crippen LogP contribution in [0.25, 0.3) is 16.7 Å². The summed E-state index contributed by atoms with van der Waals surface area (Å²) in [6.45, 7) is 0. The monoisotopic (exact) mass is 494 g/mol. The summed E-state index contributed by atoms with van der Waals surface area (Å²) >= 11 is 5.93. The number of carbonyl (C=O) groups excluding carboxylic acids is 1. The van der Waals surface area contributed by atoms with Crippen LogP contribution in [-0.2, 0) is 0 Å². The maximum Gasteiger partial charge on any atom is 0.260 e. The lowest BCUT2D eigenvalue weighted by Gasteiger charge is -2.12. The molecular weight excluding hydrogens is 480 g/mol. The van der Waals surface area contributed by atoms with Gasteiger partial charge in [0.05, 0.1) is 11.8 Å². The Bertz CT molecular complexity index is 1660. The highest BCUT2D eigenvalue weighted by Crippen LogP contribution is 2.38. The minimum atomic E-state index is -0.538. The Labute approximate surface area is 209 Å². The molecule has 2 aromatic heterocycles. The largest absolute Gasteiger partial charge is 0.505 e. The summed E-state index contributed by atoms with van der Waals surface area (Å²) in [6.07, 6.45) is 4.37. The lowest BCUT2D eigenvalue weighted by molar-refractivity contribution is 0.102. The van der Waals surface area contributed by atoms with E-state index in [1.54, 1.807) is 60.7 Å². The molecule has 0 aliphatic carbocycles. The first-order valence-electron chi connectivity index (χ1n) is 10.5. The fraction of sp³-hybridized carbons (Fsp3) is 0. The van der Waals surface area contributed by atoms with Gasteiger partial charge in [0, 0.05) is 23.1 Å². The molecule has 0 saturated carbocycles. The molecule has 11 heteroatoms. The topological polar surface area (TPSA) is 141 Å². The number of phenols is 1. The number of aromatic nitrogens is 4. The van der Waals surface area contributed by atoms with Gasteiger partial charge < -0.3 is 10.4 Å². The number of nitriles is 1. The zero-order chi connectivity index (χ0) is 25.1. The highest BCUT2D eigenvalue weighted by Gasteiger charge is 2.20. The van der Waals surface area contributed by atoms with E-state index in [1.807, 2.05) is 6.07 Å². The molecule has 36 heavy (non-hydrogen) atoms. The molecule has 0 aliphatic rings. The van der Waals surface area contributed by atoms with Crippen LogP contribution in [0.15, 0.2) is 89.5 Å². The fourth-order valence-electron chi connectivity index (χ4n) is 3.52. The Morgan fingerprint density at radius 1 is 1.06 bits per heavy atom. The van der Waals surface area contributed by atoms with E-state index in [4.69, 9.17) is 11.6 Å². The van der Waals surface area contributed by atoms with Crippen LogP contribution in [0.3, 0.4) is 0 Å². The van der Waals surface area contributed by atoms with Crippen LogP contribution in [-0.4, -0.2) is 30.8 Å². The van der Waals surface area contributed by atoms with Gasteiger partial charge in [-0.05, 0) is 47.2 Å². The number of carbonyl (C=O) groups is 1. The average molecular weight is 495 g/mol. The van der Waals surface area contributed by atoms with Gasteiger partial charge in [0.15, 0.2) is 11.6 Å². The standard InChI is InChI=1S/C25H15ClN8O2/c26-17-6-8-18(9-7-17)31-24(36)21-19-5-2-1-4-15(19)12-20(22(21)35)32-33-23-16(13-27)14-30-34(23)25-28-10-3-11-29-25/h1-12,14,35H,(H,31,36). The molecule has 0 fully saturated rings. The number of benzene rings is 3. The van der Waals surface area contributed by atoms with Crippen molar-refractivity contribution in [3.63, 3.8) is 0 Å². The molecule has 2 heterocycles. The molecule has 1 amide bonds. The Hall–Kier alpha value is -5.14. The van der Waals surface area contributed by atoms with Gasteiger partial charge >= 0.3 is 0 Å². The third kappa shape index (κ3) is 4.34. The summed E-state index contributed by atoms with van der Waals surface area (Å²) in [5.74, 6) is -0.643. The number of fused-ring (bicyclic) bond motifs is 1. The molecule has 0 spiro atoms. The summed E-state index contributed by atoms with van der Waals surface area (Å²) in [7, 11) is 0. The van der Waals surface area contributed by atoms with Crippen molar-refractivity contribution >= 4 is 45.5 Å². The second kappa shape index (κ2) is 9.61. The molecule has 0 aliphatic heterocycles. The first-order valence-corrected chi connectivity index (χ1v) is 10.9. The van der Waals surface area contributed by atoms with E-state index in [0.717, 1.165) is 0 Å². The van der Waals surface area contributed by atoms with Crippen LogP contribution in [0.4, 0.5) is 17.2 Å². The van der Waals surface area contributed by atoms with Crippen molar-refractivity contribution in [3.05, 3.63) is 95.4 Å². The van der Waals surface area contributed by atoms with Gasteiger partial charge in [0.2, 0.25) is 0 Å². The zero-order valence-corrected chi connectivity index (χ0v) is 19.1. The van der Waals surface area contributed by atoms with Crippen LogP contribution >= 0.6 is 11.6 Å². The van der Waals surface area contributed by atoms with Gasteiger partial charge in [0.25, 0.3) is 11.9 Å². The molecule has 0 atom stereocenters. The third-order valence-corrected chi connectivity index (χ3v) is 5.44. The maximum atomic E-state index is 13.2.